The summed E-state index contributed by atoms with van der Waals surface area (Å²) >= 11 is 1.68. The summed E-state index contributed by atoms with van der Waals surface area (Å²) in [6.07, 6.45) is 0. The molecule has 0 amide bonds. The zero-order valence-corrected chi connectivity index (χ0v) is 9.95. The first kappa shape index (κ1) is 9.37. The molecule has 11 heavy (non-hydrogen) atoms. The number of thiophene rings is 1. The van der Waals surface area contributed by atoms with Crippen LogP contribution in [0, 0.1) is 12.3 Å². The van der Waals surface area contributed by atoms with E-state index in [1.54, 1.807) is 11.3 Å². The van der Waals surface area contributed by atoms with E-state index in [1.807, 2.05) is 6.07 Å². The van der Waals surface area contributed by atoms with Gasteiger partial charge in [0.2, 0.25) is 0 Å². The SMILES string of the molecule is Cc1ccc2c[c-]sc2c1.[Y]. The Hall–Kier alpha value is 0.284. The maximum atomic E-state index is 3.11. The molecule has 0 aliphatic heterocycles. The largest absolute Gasteiger partial charge is 0.296 e. The molecule has 0 atom stereocenters. The summed E-state index contributed by atoms with van der Waals surface area (Å²) < 4.78 is 1.33. The van der Waals surface area contributed by atoms with Crippen molar-refractivity contribution >= 4 is 21.4 Å². The fraction of sp³-hybridized carbons (Fsp3) is 0.111. The summed E-state index contributed by atoms with van der Waals surface area (Å²) in [5.41, 5.74) is 1.32. The summed E-state index contributed by atoms with van der Waals surface area (Å²) in [7, 11) is 0. The summed E-state index contributed by atoms with van der Waals surface area (Å²) in [4.78, 5) is 0. The van der Waals surface area contributed by atoms with Crippen molar-refractivity contribution in [3.05, 3.63) is 35.2 Å². The second-order valence-electron chi connectivity index (χ2n) is 2.41. The molecule has 2 heteroatoms. The standard InChI is InChI=1S/C9H7S.Y/c1-7-2-3-8-4-5-10-9(8)6-7;/h2-4,6H,1H3;/q-1;. The minimum absolute atomic E-state index is 0. The number of hydrogen-bond donors (Lipinski definition) is 0. The van der Waals surface area contributed by atoms with Crippen LogP contribution in [0.3, 0.4) is 0 Å². The Morgan fingerprint density at radius 1 is 1.36 bits per heavy atom. The van der Waals surface area contributed by atoms with Crippen LogP contribution in [-0.4, -0.2) is 0 Å². The smallest absolute Gasteiger partial charge is 0 e. The Morgan fingerprint density at radius 3 is 3.00 bits per heavy atom. The maximum absolute atomic E-state index is 3.11. The Balaban J connectivity index is 0.000000605. The number of benzene rings is 1. The molecule has 0 spiro atoms. The fourth-order valence-corrected chi connectivity index (χ4v) is 1.81. The van der Waals surface area contributed by atoms with E-state index in [2.05, 4.69) is 30.5 Å². The third kappa shape index (κ3) is 1.90. The molecule has 0 saturated heterocycles. The predicted octanol–water partition coefficient (Wildman–Crippen LogP) is 3.01. The van der Waals surface area contributed by atoms with Crippen molar-refractivity contribution < 1.29 is 32.7 Å². The van der Waals surface area contributed by atoms with Crippen LogP contribution in [0.2, 0.25) is 0 Å². The zero-order chi connectivity index (χ0) is 6.97. The first-order valence-electron chi connectivity index (χ1n) is 3.22. The van der Waals surface area contributed by atoms with E-state index in [9.17, 15) is 0 Å². The molecule has 2 rings (SSSR count). The fourth-order valence-electron chi connectivity index (χ4n) is 1.01. The molecule has 0 saturated carbocycles. The van der Waals surface area contributed by atoms with Gasteiger partial charge in [0.15, 0.2) is 0 Å². The van der Waals surface area contributed by atoms with Crippen LogP contribution in [0.5, 0.6) is 0 Å². The molecule has 0 fully saturated rings. The van der Waals surface area contributed by atoms with E-state index in [0.717, 1.165) is 0 Å². The minimum Gasteiger partial charge on any atom is -0.296 e. The number of rotatable bonds is 0. The molecular weight excluding hydrogens is 229 g/mol. The van der Waals surface area contributed by atoms with Crippen molar-refractivity contribution in [2.24, 2.45) is 0 Å². The van der Waals surface area contributed by atoms with Crippen LogP contribution in [0.15, 0.2) is 24.3 Å². The van der Waals surface area contributed by atoms with Crippen molar-refractivity contribution in [2.75, 3.05) is 0 Å². The Kier molecular flexibility index (Phi) is 3.23. The average Bonchev–Trinajstić information content (AvgIpc) is 2.33. The predicted molar refractivity (Wildman–Crippen MR) is 45.4 cm³/mol. The molecule has 0 bridgehead atoms. The van der Waals surface area contributed by atoms with Crippen LogP contribution in [0.4, 0.5) is 0 Å². The van der Waals surface area contributed by atoms with Crippen LogP contribution in [0.25, 0.3) is 10.1 Å². The van der Waals surface area contributed by atoms with Gasteiger partial charge in [0.1, 0.15) is 0 Å². The summed E-state index contributed by atoms with van der Waals surface area (Å²) in [5, 5.41) is 4.41. The molecule has 0 N–H and O–H groups in total. The van der Waals surface area contributed by atoms with Gasteiger partial charge in [-0.2, -0.15) is 11.5 Å². The van der Waals surface area contributed by atoms with Gasteiger partial charge in [-0.3, -0.25) is 11.3 Å². The van der Waals surface area contributed by atoms with Gasteiger partial charge >= 0.3 is 0 Å². The van der Waals surface area contributed by atoms with E-state index in [0.29, 0.717) is 0 Å². The van der Waals surface area contributed by atoms with E-state index >= 15 is 0 Å². The molecule has 1 aromatic heterocycles. The molecule has 2 aromatic rings. The third-order valence-electron chi connectivity index (χ3n) is 1.55. The van der Waals surface area contributed by atoms with Gasteiger partial charge in [-0.1, -0.05) is 11.6 Å². The van der Waals surface area contributed by atoms with Crippen LogP contribution < -0.4 is 0 Å². The second-order valence-corrected chi connectivity index (χ2v) is 3.29. The van der Waals surface area contributed by atoms with Gasteiger partial charge in [-0.15, -0.1) is 22.2 Å². The maximum Gasteiger partial charge on any atom is 0 e. The molecule has 53 valence electrons. The molecule has 0 aliphatic carbocycles. The van der Waals surface area contributed by atoms with Crippen LogP contribution in [0.1, 0.15) is 5.56 Å². The van der Waals surface area contributed by atoms with Crippen molar-refractivity contribution in [3.63, 3.8) is 0 Å². The van der Waals surface area contributed by atoms with Gasteiger partial charge in [-0.05, 0) is 6.92 Å². The number of fused-ring (bicyclic) bond motifs is 1. The van der Waals surface area contributed by atoms with Gasteiger partial charge in [0.05, 0.1) is 0 Å². The molecular formula is C9H7SY-. The normalized spacial score (nSPS) is 9.55. The quantitative estimate of drug-likeness (QED) is 0.617. The van der Waals surface area contributed by atoms with Crippen molar-refractivity contribution in [1.29, 1.82) is 0 Å². The number of hydrogen-bond acceptors (Lipinski definition) is 1. The van der Waals surface area contributed by atoms with E-state index < -0.39 is 0 Å². The van der Waals surface area contributed by atoms with E-state index in [-0.39, 0.29) is 32.7 Å². The molecule has 0 unspecified atom stereocenters. The third-order valence-corrected chi connectivity index (χ3v) is 2.36. The Labute approximate surface area is 95.5 Å². The second kappa shape index (κ2) is 3.79. The van der Waals surface area contributed by atoms with E-state index in [1.165, 1.54) is 15.6 Å². The van der Waals surface area contributed by atoms with Gasteiger partial charge in [0, 0.05) is 32.7 Å². The zero-order valence-electron chi connectivity index (χ0n) is 6.29. The van der Waals surface area contributed by atoms with Crippen LogP contribution in [-0.2, 0) is 32.7 Å². The first-order valence-corrected chi connectivity index (χ1v) is 4.04. The monoisotopic (exact) mass is 236 g/mol. The van der Waals surface area contributed by atoms with Crippen LogP contribution >= 0.6 is 11.3 Å². The first-order chi connectivity index (χ1) is 4.86. The molecule has 0 nitrogen and oxygen atoms in total. The van der Waals surface area contributed by atoms with Gasteiger partial charge in [-0.25, -0.2) is 0 Å². The molecule has 1 heterocycles. The molecule has 1 radical (unpaired) electrons. The Bertz CT molecular complexity index is 351. The summed E-state index contributed by atoms with van der Waals surface area (Å²) in [5.74, 6) is 0. The van der Waals surface area contributed by atoms with Crippen molar-refractivity contribution in [3.8, 4) is 0 Å². The topological polar surface area (TPSA) is 0 Å². The minimum atomic E-state index is 0. The Morgan fingerprint density at radius 2 is 2.18 bits per heavy atom. The van der Waals surface area contributed by atoms with E-state index in [4.69, 9.17) is 0 Å². The van der Waals surface area contributed by atoms with Crippen molar-refractivity contribution in [1.82, 2.24) is 0 Å². The van der Waals surface area contributed by atoms with Crippen molar-refractivity contribution in [2.45, 2.75) is 6.92 Å². The average molecular weight is 236 g/mol. The van der Waals surface area contributed by atoms with Gasteiger partial charge in [0.25, 0.3) is 0 Å². The molecule has 0 aliphatic rings. The number of aryl methyl sites for hydroxylation is 1. The van der Waals surface area contributed by atoms with Gasteiger partial charge < -0.3 is 0 Å². The summed E-state index contributed by atoms with van der Waals surface area (Å²) in [6, 6.07) is 8.48. The molecule has 1 aromatic carbocycles. The summed E-state index contributed by atoms with van der Waals surface area (Å²) in [6.45, 7) is 2.11.